The zero-order valence-corrected chi connectivity index (χ0v) is 23.9. The third-order valence-corrected chi connectivity index (χ3v) is 7.46. The van der Waals surface area contributed by atoms with Gasteiger partial charge >= 0.3 is 5.97 Å². The number of nitrogens with zero attached hydrogens (tertiary/aromatic N) is 3. The summed E-state index contributed by atoms with van der Waals surface area (Å²) in [5.41, 5.74) is 0. The van der Waals surface area contributed by atoms with Crippen LogP contribution in [0.3, 0.4) is 0 Å². The summed E-state index contributed by atoms with van der Waals surface area (Å²) in [5, 5.41) is -0.0933. The lowest BCUT2D eigenvalue weighted by molar-refractivity contribution is -0.197. The summed E-state index contributed by atoms with van der Waals surface area (Å²) in [6, 6.07) is 0.259. The van der Waals surface area contributed by atoms with Crippen molar-refractivity contribution in [3.8, 4) is 0 Å². The van der Waals surface area contributed by atoms with Crippen LogP contribution < -0.4 is 0 Å². The molecule has 0 spiro atoms. The van der Waals surface area contributed by atoms with Gasteiger partial charge in [-0.3, -0.25) is 29.0 Å². The van der Waals surface area contributed by atoms with Gasteiger partial charge in [-0.1, -0.05) is 0 Å². The topological polar surface area (TPSA) is 132 Å². The van der Waals surface area contributed by atoms with Crippen molar-refractivity contribution < 1.29 is 43.0 Å². The molecule has 216 valence electrons. The molecule has 0 N–H and O–H groups in total. The Labute approximate surface area is 228 Å². The van der Waals surface area contributed by atoms with E-state index in [1.54, 1.807) is 7.11 Å². The number of methoxy groups -OCH3 is 1. The fourth-order valence-electron chi connectivity index (χ4n) is 4.07. The first kappa shape index (κ1) is 32.2. The quantitative estimate of drug-likeness (QED) is 0.176. The average Bonchev–Trinajstić information content (AvgIpc) is 3.29. The number of ether oxygens (including phenoxy) is 3. The fourth-order valence-corrected chi connectivity index (χ4v) is 5.53. The standard InChI is InChI=1S/C25H41N3O9S/c1-18(2)26(10-11-35-14-15-36-13-12-34-5)17-25(3,4)38-19-16-22(31)27(24(19)33)9-8-23(32)37-28-20(29)6-7-21(28)30/h18-19H,6-17H2,1-5H3. The smallest absolute Gasteiger partial charge is 0.335 e. The van der Waals surface area contributed by atoms with Gasteiger partial charge in [0.05, 0.1) is 44.7 Å². The molecule has 2 saturated heterocycles. The first-order chi connectivity index (χ1) is 17.9. The fraction of sp³-hybridized carbons (Fsp3) is 0.800. The molecule has 2 rings (SSSR count). The second kappa shape index (κ2) is 15.5. The van der Waals surface area contributed by atoms with Crippen molar-refractivity contribution >= 4 is 41.4 Å². The van der Waals surface area contributed by atoms with E-state index < -0.39 is 23.0 Å². The van der Waals surface area contributed by atoms with E-state index >= 15 is 0 Å². The molecule has 2 fully saturated rings. The van der Waals surface area contributed by atoms with Crippen molar-refractivity contribution in [2.75, 3.05) is 59.8 Å². The average molecular weight is 560 g/mol. The van der Waals surface area contributed by atoms with Crippen LogP contribution in [0.1, 0.15) is 53.4 Å². The lowest BCUT2D eigenvalue weighted by atomic mass is 10.1. The number of hydrogen-bond acceptors (Lipinski definition) is 11. The first-order valence-electron chi connectivity index (χ1n) is 12.9. The Morgan fingerprint density at radius 2 is 1.61 bits per heavy atom. The van der Waals surface area contributed by atoms with E-state index in [9.17, 15) is 24.0 Å². The molecule has 2 aliphatic rings. The maximum absolute atomic E-state index is 13.0. The molecular weight excluding hydrogens is 518 g/mol. The van der Waals surface area contributed by atoms with Crippen LogP contribution in [0, 0.1) is 0 Å². The van der Waals surface area contributed by atoms with E-state index in [0.717, 1.165) is 4.90 Å². The maximum Gasteiger partial charge on any atom is 0.335 e. The molecule has 1 unspecified atom stereocenters. The molecule has 0 aromatic carbocycles. The van der Waals surface area contributed by atoms with E-state index in [2.05, 4.69) is 18.7 Å². The van der Waals surface area contributed by atoms with Crippen LogP contribution in [0.15, 0.2) is 0 Å². The molecule has 0 saturated carbocycles. The number of imide groups is 2. The van der Waals surface area contributed by atoms with Crippen molar-refractivity contribution in [2.45, 2.75) is 69.4 Å². The highest BCUT2D eigenvalue weighted by Gasteiger charge is 2.42. The molecule has 0 aromatic rings. The second-order valence-electron chi connectivity index (χ2n) is 10.0. The predicted octanol–water partition coefficient (Wildman–Crippen LogP) is 1.01. The van der Waals surface area contributed by atoms with Gasteiger partial charge in [0.2, 0.25) is 11.8 Å². The summed E-state index contributed by atoms with van der Waals surface area (Å²) < 4.78 is 15.7. The highest BCUT2D eigenvalue weighted by Crippen LogP contribution is 2.36. The van der Waals surface area contributed by atoms with Crippen LogP contribution in [0.5, 0.6) is 0 Å². The van der Waals surface area contributed by atoms with Crippen molar-refractivity contribution in [2.24, 2.45) is 0 Å². The van der Waals surface area contributed by atoms with Gasteiger partial charge in [0.25, 0.3) is 11.8 Å². The predicted molar refractivity (Wildman–Crippen MR) is 139 cm³/mol. The Balaban J connectivity index is 1.78. The van der Waals surface area contributed by atoms with Crippen molar-refractivity contribution in [1.29, 1.82) is 0 Å². The molecule has 38 heavy (non-hydrogen) atoms. The molecule has 0 radical (unpaired) electrons. The van der Waals surface area contributed by atoms with Gasteiger partial charge in [0.15, 0.2) is 0 Å². The number of likely N-dealkylation sites (tertiary alicyclic amines) is 1. The first-order valence-corrected chi connectivity index (χ1v) is 13.8. The van der Waals surface area contributed by atoms with Gasteiger partial charge in [-0.15, -0.1) is 16.8 Å². The number of carbonyl (C=O) groups excluding carboxylic acids is 5. The van der Waals surface area contributed by atoms with Gasteiger partial charge < -0.3 is 19.0 Å². The van der Waals surface area contributed by atoms with E-state index in [1.807, 2.05) is 13.8 Å². The van der Waals surface area contributed by atoms with Crippen LogP contribution in [0.25, 0.3) is 0 Å². The van der Waals surface area contributed by atoms with Gasteiger partial charge in [0, 0.05) is 56.8 Å². The number of hydrogen-bond donors (Lipinski definition) is 0. The van der Waals surface area contributed by atoms with E-state index in [-0.39, 0.29) is 54.8 Å². The van der Waals surface area contributed by atoms with Gasteiger partial charge in [-0.25, -0.2) is 4.79 Å². The molecule has 4 amide bonds. The summed E-state index contributed by atoms with van der Waals surface area (Å²) in [6.45, 7) is 12.2. The molecule has 2 aliphatic heterocycles. The minimum Gasteiger partial charge on any atom is -0.382 e. The molecule has 13 heteroatoms. The second-order valence-corrected chi connectivity index (χ2v) is 11.9. The lowest BCUT2D eigenvalue weighted by Gasteiger charge is -2.35. The zero-order chi connectivity index (χ0) is 28.3. The van der Waals surface area contributed by atoms with E-state index in [4.69, 9.17) is 19.0 Å². The Hall–Kier alpha value is -2.06. The van der Waals surface area contributed by atoms with Gasteiger partial charge in [-0.2, -0.15) is 0 Å². The van der Waals surface area contributed by atoms with Gasteiger partial charge in [-0.05, 0) is 27.7 Å². The Kier molecular flexibility index (Phi) is 13.1. The SMILES string of the molecule is COCCOCCOCCN(CC(C)(C)SC1CC(=O)N(CCC(=O)ON2C(=O)CCC2=O)C1=O)C(C)C. The van der Waals surface area contributed by atoms with Crippen molar-refractivity contribution in [3.05, 3.63) is 0 Å². The summed E-state index contributed by atoms with van der Waals surface area (Å²) in [6.07, 6.45) is -0.252. The molecule has 12 nitrogen and oxygen atoms in total. The number of thioether (sulfide) groups is 1. The third-order valence-electron chi connectivity index (χ3n) is 6.04. The zero-order valence-electron chi connectivity index (χ0n) is 23.1. The number of amides is 4. The minimum absolute atomic E-state index is 0.00453. The monoisotopic (exact) mass is 559 g/mol. The van der Waals surface area contributed by atoms with Crippen LogP contribution in [0.4, 0.5) is 0 Å². The number of carbonyl (C=O) groups is 5. The summed E-state index contributed by atoms with van der Waals surface area (Å²) in [4.78, 5) is 69.0. The summed E-state index contributed by atoms with van der Waals surface area (Å²) >= 11 is 1.45. The molecule has 0 aromatic heterocycles. The lowest BCUT2D eigenvalue weighted by Crippen LogP contribution is -2.44. The summed E-state index contributed by atoms with van der Waals surface area (Å²) in [5.74, 6) is -2.70. The third kappa shape index (κ3) is 10.3. The summed E-state index contributed by atoms with van der Waals surface area (Å²) in [7, 11) is 1.63. The highest BCUT2D eigenvalue weighted by molar-refractivity contribution is 8.02. The Bertz CT molecular complexity index is 836. The minimum atomic E-state index is -0.845. The molecule has 0 aliphatic carbocycles. The molecular formula is C25H41N3O9S. The largest absolute Gasteiger partial charge is 0.382 e. The van der Waals surface area contributed by atoms with Crippen molar-refractivity contribution in [3.63, 3.8) is 0 Å². The number of hydroxylamine groups is 2. The number of rotatable bonds is 18. The molecule has 0 bridgehead atoms. The van der Waals surface area contributed by atoms with Crippen molar-refractivity contribution in [1.82, 2.24) is 14.9 Å². The van der Waals surface area contributed by atoms with Gasteiger partial charge in [0.1, 0.15) is 0 Å². The van der Waals surface area contributed by atoms with Crippen LogP contribution >= 0.6 is 11.8 Å². The maximum atomic E-state index is 13.0. The van der Waals surface area contributed by atoms with Crippen LogP contribution in [0.2, 0.25) is 0 Å². The van der Waals surface area contributed by atoms with Crippen LogP contribution in [-0.4, -0.2) is 120 Å². The normalized spacial score (nSPS) is 18.6. The molecule has 1 atom stereocenters. The Morgan fingerprint density at radius 3 is 2.21 bits per heavy atom. The van der Waals surface area contributed by atoms with E-state index in [0.29, 0.717) is 51.2 Å². The molecule has 2 heterocycles. The Morgan fingerprint density at radius 1 is 1.00 bits per heavy atom. The highest BCUT2D eigenvalue weighted by atomic mass is 32.2. The van der Waals surface area contributed by atoms with E-state index in [1.165, 1.54) is 11.8 Å². The van der Waals surface area contributed by atoms with Crippen LogP contribution in [-0.2, 0) is 43.0 Å².